The number of halogens is 1. The van der Waals surface area contributed by atoms with Crippen LogP contribution in [-0.4, -0.2) is 31.0 Å². The van der Waals surface area contributed by atoms with E-state index >= 15 is 0 Å². The standard InChI is InChI=1S/C19H18ClNO3/c1-13-3-6-16(7-4-13)23-10-9-21(2)19(22)18-12-14-11-15(20)5-8-17(14)24-18/h3-8,11-12H,9-10H2,1-2H3. The van der Waals surface area contributed by atoms with E-state index in [2.05, 4.69) is 0 Å². The van der Waals surface area contributed by atoms with Crippen LogP contribution in [0, 0.1) is 6.92 Å². The van der Waals surface area contributed by atoms with Crippen LogP contribution in [0.4, 0.5) is 0 Å². The maximum atomic E-state index is 12.4. The lowest BCUT2D eigenvalue weighted by atomic mass is 10.2. The first-order valence-corrected chi connectivity index (χ1v) is 8.05. The SMILES string of the molecule is Cc1ccc(OCCN(C)C(=O)c2cc3cc(Cl)ccc3o2)cc1. The number of hydrogen-bond acceptors (Lipinski definition) is 3. The Morgan fingerprint density at radius 1 is 1.17 bits per heavy atom. The van der Waals surface area contributed by atoms with Gasteiger partial charge in [-0.15, -0.1) is 0 Å². The Morgan fingerprint density at radius 3 is 2.67 bits per heavy atom. The van der Waals surface area contributed by atoms with Crippen molar-refractivity contribution in [2.45, 2.75) is 6.92 Å². The lowest BCUT2D eigenvalue weighted by molar-refractivity contribution is 0.0745. The topological polar surface area (TPSA) is 42.7 Å². The number of nitrogens with zero attached hydrogens (tertiary/aromatic N) is 1. The minimum Gasteiger partial charge on any atom is -0.492 e. The highest BCUT2D eigenvalue weighted by atomic mass is 35.5. The van der Waals surface area contributed by atoms with E-state index in [1.54, 1.807) is 36.2 Å². The molecule has 0 radical (unpaired) electrons. The molecular formula is C19H18ClNO3. The Labute approximate surface area is 145 Å². The lowest BCUT2D eigenvalue weighted by Crippen LogP contribution is -2.30. The van der Waals surface area contributed by atoms with Crippen molar-refractivity contribution >= 4 is 28.5 Å². The predicted octanol–water partition coefficient (Wildman–Crippen LogP) is 4.55. The molecule has 0 aliphatic rings. The molecule has 0 spiro atoms. The van der Waals surface area contributed by atoms with Gasteiger partial charge in [0.2, 0.25) is 0 Å². The minimum atomic E-state index is -0.185. The number of benzene rings is 2. The van der Waals surface area contributed by atoms with Gasteiger partial charge in [0.25, 0.3) is 5.91 Å². The molecular weight excluding hydrogens is 326 g/mol. The van der Waals surface area contributed by atoms with Gasteiger partial charge in [-0.2, -0.15) is 0 Å². The first kappa shape index (κ1) is 16.4. The summed E-state index contributed by atoms with van der Waals surface area (Å²) in [4.78, 5) is 14.0. The third kappa shape index (κ3) is 3.71. The van der Waals surface area contributed by atoms with Crippen LogP contribution in [0.25, 0.3) is 11.0 Å². The van der Waals surface area contributed by atoms with E-state index in [9.17, 15) is 4.79 Å². The van der Waals surface area contributed by atoms with E-state index in [-0.39, 0.29) is 5.91 Å². The first-order chi connectivity index (χ1) is 11.5. The molecule has 2 aromatic carbocycles. The van der Waals surface area contributed by atoms with Gasteiger partial charge in [-0.05, 0) is 43.3 Å². The van der Waals surface area contributed by atoms with E-state index < -0.39 is 0 Å². The second-order valence-corrected chi connectivity index (χ2v) is 6.12. The molecule has 3 rings (SSSR count). The van der Waals surface area contributed by atoms with Gasteiger partial charge in [0, 0.05) is 17.5 Å². The highest BCUT2D eigenvalue weighted by Gasteiger charge is 2.16. The molecule has 0 N–H and O–H groups in total. The zero-order valence-corrected chi connectivity index (χ0v) is 14.3. The largest absolute Gasteiger partial charge is 0.492 e. The van der Waals surface area contributed by atoms with E-state index in [0.29, 0.717) is 29.5 Å². The summed E-state index contributed by atoms with van der Waals surface area (Å²) in [5, 5.41) is 1.43. The van der Waals surface area contributed by atoms with E-state index in [4.69, 9.17) is 20.8 Å². The zero-order valence-electron chi connectivity index (χ0n) is 13.6. The summed E-state index contributed by atoms with van der Waals surface area (Å²) in [5.41, 5.74) is 1.83. The first-order valence-electron chi connectivity index (χ1n) is 7.67. The Hall–Kier alpha value is -2.46. The number of furan rings is 1. The smallest absolute Gasteiger partial charge is 0.289 e. The Morgan fingerprint density at radius 2 is 1.92 bits per heavy atom. The molecule has 3 aromatic rings. The number of carbonyl (C=O) groups excluding carboxylic acids is 1. The summed E-state index contributed by atoms with van der Waals surface area (Å²) in [6, 6.07) is 14.8. The molecule has 0 unspecified atom stereocenters. The van der Waals surface area contributed by atoms with Crippen LogP contribution >= 0.6 is 11.6 Å². The van der Waals surface area contributed by atoms with Gasteiger partial charge in [-0.1, -0.05) is 29.3 Å². The van der Waals surface area contributed by atoms with Crippen molar-refractivity contribution < 1.29 is 13.9 Å². The molecule has 1 aromatic heterocycles. The van der Waals surface area contributed by atoms with Crippen molar-refractivity contribution in [3.05, 3.63) is 64.9 Å². The predicted molar refractivity (Wildman–Crippen MR) is 94.9 cm³/mol. The quantitative estimate of drug-likeness (QED) is 0.682. The molecule has 1 amide bonds. The van der Waals surface area contributed by atoms with E-state index in [1.807, 2.05) is 31.2 Å². The molecule has 0 saturated heterocycles. The van der Waals surface area contributed by atoms with Crippen molar-refractivity contribution in [3.63, 3.8) is 0 Å². The average Bonchev–Trinajstić information content (AvgIpc) is 2.98. The Kier molecular flexibility index (Phi) is 4.76. The van der Waals surface area contributed by atoms with Gasteiger partial charge in [0.15, 0.2) is 5.76 Å². The second-order valence-electron chi connectivity index (χ2n) is 5.68. The van der Waals surface area contributed by atoms with Crippen LogP contribution in [0.1, 0.15) is 16.1 Å². The molecule has 24 heavy (non-hydrogen) atoms. The van der Waals surface area contributed by atoms with Gasteiger partial charge in [-0.3, -0.25) is 4.79 Å². The second kappa shape index (κ2) is 6.97. The monoisotopic (exact) mass is 343 g/mol. The molecule has 1 heterocycles. The third-order valence-electron chi connectivity index (χ3n) is 3.75. The minimum absolute atomic E-state index is 0.185. The number of fused-ring (bicyclic) bond motifs is 1. The highest BCUT2D eigenvalue weighted by molar-refractivity contribution is 6.31. The maximum Gasteiger partial charge on any atom is 0.289 e. The molecule has 4 nitrogen and oxygen atoms in total. The molecule has 0 saturated carbocycles. The van der Waals surface area contributed by atoms with Gasteiger partial charge < -0.3 is 14.1 Å². The number of ether oxygens (including phenoxy) is 1. The number of carbonyl (C=O) groups is 1. The summed E-state index contributed by atoms with van der Waals surface area (Å²) < 4.78 is 11.2. The summed E-state index contributed by atoms with van der Waals surface area (Å²) in [6.45, 7) is 2.90. The van der Waals surface area contributed by atoms with Crippen LogP contribution in [0.15, 0.2) is 52.9 Å². The lowest BCUT2D eigenvalue weighted by Gasteiger charge is -2.16. The molecule has 0 aliphatic heterocycles. The molecule has 0 aliphatic carbocycles. The van der Waals surface area contributed by atoms with E-state index in [0.717, 1.165) is 11.1 Å². The Balaban J connectivity index is 1.60. The summed E-state index contributed by atoms with van der Waals surface area (Å²) in [6.07, 6.45) is 0. The van der Waals surface area contributed by atoms with Crippen molar-refractivity contribution in [2.24, 2.45) is 0 Å². The molecule has 0 fully saturated rings. The Bertz CT molecular complexity index is 855. The van der Waals surface area contributed by atoms with Gasteiger partial charge >= 0.3 is 0 Å². The van der Waals surface area contributed by atoms with Crippen molar-refractivity contribution in [3.8, 4) is 5.75 Å². The number of amides is 1. The highest BCUT2D eigenvalue weighted by Crippen LogP contribution is 2.23. The van der Waals surface area contributed by atoms with Gasteiger partial charge in [-0.25, -0.2) is 0 Å². The fraction of sp³-hybridized carbons (Fsp3) is 0.211. The number of rotatable bonds is 5. The number of hydrogen-bond donors (Lipinski definition) is 0. The summed E-state index contributed by atoms with van der Waals surface area (Å²) in [5.74, 6) is 0.903. The van der Waals surface area contributed by atoms with Crippen LogP contribution in [0.3, 0.4) is 0 Å². The molecule has 0 atom stereocenters. The van der Waals surface area contributed by atoms with Crippen molar-refractivity contribution in [1.29, 1.82) is 0 Å². The van der Waals surface area contributed by atoms with Crippen molar-refractivity contribution in [2.75, 3.05) is 20.2 Å². The normalized spacial score (nSPS) is 10.8. The maximum absolute atomic E-state index is 12.4. The van der Waals surface area contributed by atoms with Crippen LogP contribution in [0.2, 0.25) is 5.02 Å². The zero-order chi connectivity index (χ0) is 17.1. The average molecular weight is 344 g/mol. The fourth-order valence-electron chi connectivity index (χ4n) is 2.34. The van der Waals surface area contributed by atoms with Crippen LogP contribution in [-0.2, 0) is 0 Å². The summed E-state index contributed by atoms with van der Waals surface area (Å²) in [7, 11) is 1.72. The summed E-state index contributed by atoms with van der Waals surface area (Å²) >= 11 is 5.95. The van der Waals surface area contributed by atoms with Crippen molar-refractivity contribution in [1.82, 2.24) is 4.90 Å². The number of likely N-dealkylation sites (N-methyl/N-ethyl adjacent to an activating group) is 1. The van der Waals surface area contributed by atoms with Crippen LogP contribution in [0.5, 0.6) is 5.75 Å². The van der Waals surface area contributed by atoms with Crippen LogP contribution < -0.4 is 4.74 Å². The van der Waals surface area contributed by atoms with Gasteiger partial charge in [0.05, 0.1) is 6.54 Å². The molecule has 124 valence electrons. The molecule has 0 bridgehead atoms. The molecule has 5 heteroatoms. The fourth-order valence-corrected chi connectivity index (χ4v) is 2.52. The number of aryl methyl sites for hydroxylation is 1. The van der Waals surface area contributed by atoms with Gasteiger partial charge in [0.1, 0.15) is 17.9 Å². The third-order valence-corrected chi connectivity index (χ3v) is 3.99. The van der Waals surface area contributed by atoms with E-state index in [1.165, 1.54) is 5.56 Å².